The molecule has 2 unspecified atom stereocenters. The summed E-state index contributed by atoms with van der Waals surface area (Å²) in [4.78, 5) is 0. The molecule has 0 saturated carbocycles. The van der Waals surface area contributed by atoms with Crippen LogP contribution in [0.4, 0.5) is 0 Å². The van der Waals surface area contributed by atoms with Gasteiger partial charge in [0, 0.05) is 23.6 Å². The van der Waals surface area contributed by atoms with Crippen LogP contribution in [0.1, 0.15) is 38.1 Å². The normalized spacial score (nSPS) is 18.2. The summed E-state index contributed by atoms with van der Waals surface area (Å²) >= 11 is 0. The number of fused-ring (bicyclic) bond motifs is 1. The van der Waals surface area contributed by atoms with Gasteiger partial charge in [-0.1, -0.05) is 5.16 Å². The summed E-state index contributed by atoms with van der Waals surface area (Å²) in [5.74, 6) is 2.35. The molecule has 2 atom stereocenters. The number of hydrogen-bond donors (Lipinski definition) is 1. The highest BCUT2D eigenvalue weighted by Gasteiger charge is 2.23. The number of nitrogens with zero attached hydrogens (tertiary/aromatic N) is 1. The standard InChI is InChI=1S/C16H20N2O3/c1-4-19-16-6-11-5-9(2)20-15(11)7-12(16)13-8-14(10(3)17)21-18-13/h6-10H,4-5,17H2,1-3H3. The summed E-state index contributed by atoms with van der Waals surface area (Å²) in [6.07, 6.45) is 1.10. The molecule has 0 fully saturated rings. The van der Waals surface area contributed by atoms with E-state index in [0.29, 0.717) is 12.4 Å². The molecule has 2 heterocycles. The zero-order valence-electron chi connectivity index (χ0n) is 12.6. The lowest BCUT2D eigenvalue weighted by Crippen LogP contribution is -2.05. The van der Waals surface area contributed by atoms with Gasteiger partial charge in [-0.2, -0.15) is 0 Å². The molecule has 2 N–H and O–H groups in total. The van der Waals surface area contributed by atoms with Crippen molar-refractivity contribution < 1.29 is 14.0 Å². The number of ether oxygens (including phenoxy) is 2. The molecule has 0 bridgehead atoms. The van der Waals surface area contributed by atoms with Crippen LogP contribution in [0, 0.1) is 0 Å². The van der Waals surface area contributed by atoms with Crippen LogP contribution in [-0.4, -0.2) is 17.9 Å². The minimum atomic E-state index is -0.188. The van der Waals surface area contributed by atoms with Crippen LogP contribution in [0.25, 0.3) is 11.3 Å². The lowest BCUT2D eigenvalue weighted by molar-refractivity contribution is 0.254. The number of benzene rings is 1. The minimum absolute atomic E-state index is 0.188. The highest BCUT2D eigenvalue weighted by atomic mass is 16.5. The number of hydrogen-bond acceptors (Lipinski definition) is 5. The zero-order valence-corrected chi connectivity index (χ0v) is 12.6. The largest absolute Gasteiger partial charge is 0.493 e. The summed E-state index contributed by atoms with van der Waals surface area (Å²) in [7, 11) is 0. The first-order chi connectivity index (χ1) is 10.1. The summed E-state index contributed by atoms with van der Waals surface area (Å²) in [5, 5.41) is 4.10. The van der Waals surface area contributed by atoms with Crippen molar-refractivity contribution in [2.24, 2.45) is 5.73 Å². The molecular formula is C16H20N2O3. The van der Waals surface area contributed by atoms with Crippen molar-refractivity contribution in [3.8, 4) is 22.8 Å². The van der Waals surface area contributed by atoms with Crippen LogP contribution in [-0.2, 0) is 6.42 Å². The van der Waals surface area contributed by atoms with E-state index in [0.717, 1.165) is 29.2 Å². The number of nitrogens with two attached hydrogens (primary N) is 1. The zero-order chi connectivity index (χ0) is 15.0. The monoisotopic (exact) mass is 288 g/mol. The Morgan fingerprint density at radius 1 is 1.43 bits per heavy atom. The molecule has 2 aromatic rings. The second-order valence-electron chi connectivity index (χ2n) is 5.42. The van der Waals surface area contributed by atoms with Crippen molar-refractivity contribution in [2.45, 2.75) is 39.3 Å². The predicted molar refractivity (Wildman–Crippen MR) is 79.5 cm³/mol. The van der Waals surface area contributed by atoms with Gasteiger partial charge >= 0.3 is 0 Å². The average molecular weight is 288 g/mol. The molecule has 5 nitrogen and oxygen atoms in total. The van der Waals surface area contributed by atoms with Crippen molar-refractivity contribution in [1.29, 1.82) is 0 Å². The summed E-state index contributed by atoms with van der Waals surface area (Å²) in [5.41, 5.74) is 8.59. The molecule has 21 heavy (non-hydrogen) atoms. The Kier molecular flexibility index (Phi) is 3.59. The molecule has 0 saturated heterocycles. The van der Waals surface area contributed by atoms with Crippen LogP contribution in [0.15, 0.2) is 22.7 Å². The molecule has 0 spiro atoms. The Bertz CT molecular complexity index is 649. The molecule has 1 aromatic carbocycles. The van der Waals surface area contributed by atoms with Crippen molar-refractivity contribution in [1.82, 2.24) is 5.16 Å². The topological polar surface area (TPSA) is 70.5 Å². The maximum Gasteiger partial charge on any atom is 0.153 e. The second kappa shape index (κ2) is 5.41. The van der Waals surface area contributed by atoms with Crippen molar-refractivity contribution >= 4 is 0 Å². The predicted octanol–water partition coefficient (Wildman–Crippen LogP) is 3.08. The van der Waals surface area contributed by atoms with Gasteiger partial charge in [-0.25, -0.2) is 0 Å². The van der Waals surface area contributed by atoms with E-state index in [4.69, 9.17) is 19.7 Å². The first-order valence-electron chi connectivity index (χ1n) is 7.27. The number of aromatic nitrogens is 1. The maximum absolute atomic E-state index is 5.82. The lowest BCUT2D eigenvalue weighted by Gasteiger charge is -2.10. The molecule has 1 aliphatic rings. The van der Waals surface area contributed by atoms with E-state index in [-0.39, 0.29) is 12.1 Å². The molecule has 5 heteroatoms. The molecule has 0 radical (unpaired) electrons. The molecule has 1 aliphatic heterocycles. The summed E-state index contributed by atoms with van der Waals surface area (Å²) in [6, 6.07) is 5.69. The van der Waals surface area contributed by atoms with Gasteiger partial charge in [0.05, 0.1) is 12.6 Å². The van der Waals surface area contributed by atoms with Crippen LogP contribution in [0.2, 0.25) is 0 Å². The van der Waals surface area contributed by atoms with Gasteiger partial charge in [-0.3, -0.25) is 0 Å². The molecule has 112 valence electrons. The molecule has 0 amide bonds. The van der Waals surface area contributed by atoms with Gasteiger partial charge in [0.15, 0.2) is 5.76 Å². The van der Waals surface area contributed by atoms with Crippen LogP contribution < -0.4 is 15.2 Å². The Labute approximate surface area is 124 Å². The third kappa shape index (κ3) is 2.61. The minimum Gasteiger partial charge on any atom is -0.493 e. The van der Waals surface area contributed by atoms with Crippen molar-refractivity contribution in [3.63, 3.8) is 0 Å². The number of rotatable bonds is 4. The van der Waals surface area contributed by atoms with Gasteiger partial charge in [0.25, 0.3) is 0 Å². The van der Waals surface area contributed by atoms with Crippen LogP contribution in [0.5, 0.6) is 11.5 Å². The molecule has 0 aliphatic carbocycles. The fourth-order valence-electron chi connectivity index (χ4n) is 2.55. The lowest BCUT2D eigenvalue weighted by atomic mass is 10.0. The van der Waals surface area contributed by atoms with Crippen LogP contribution >= 0.6 is 0 Å². The Hall–Kier alpha value is -2.01. The summed E-state index contributed by atoms with van der Waals surface area (Å²) in [6.45, 7) is 6.48. The molecule has 1 aromatic heterocycles. The Morgan fingerprint density at radius 2 is 2.24 bits per heavy atom. The molecule has 3 rings (SSSR count). The van der Waals surface area contributed by atoms with E-state index in [1.54, 1.807) is 0 Å². The fraction of sp³-hybridized carbons (Fsp3) is 0.438. The van der Waals surface area contributed by atoms with E-state index >= 15 is 0 Å². The first-order valence-corrected chi connectivity index (χ1v) is 7.27. The maximum atomic E-state index is 5.82. The van der Waals surface area contributed by atoms with Gasteiger partial charge in [-0.05, 0) is 32.9 Å². The molecular weight excluding hydrogens is 268 g/mol. The Balaban J connectivity index is 2.05. The van der Waals surface area contributed by atoms with Gasteiger partial charge in [0.2, 0.25) is 0 Å². The SMILES string of the molecule is CCOc1cc2c(cc1-c1cc(C(C)N)on1)OC(C)C2. The summed E-state index contributed by atoms with van der Waals surface area (Å²) < 4.78 is 16.9. The smallest absolute Gasteiger partial charge is 0.153 e. The van der Waals surface area contributed by atoms with E-state index in [1.165, 1.54) is 5.56 Å². The van der Waals surface area contributed by atoms with E-state index in [9.17, 15) is 0 Å². The quantitative estimate of drug-likeness (QED) is 0.936. The second-order valence-corrected chi connectivity index (χ2v) is 5.42. The van der Waals surface area contributed by atoms with Crippen LogP contribution in [0.3, 0.4) is 0 Å². The Morgan fingerprint density at radius 3 is 2.90 bits per heavy atom. The third-order valence-electron chi connectivity index (χ3n) is 3.55. The van der Waals surface area contributed by atoms with Gasteiger partial charge < -0.3 is 19.7 Å². The van der Waals surface area contributed by atoms with E-state index in [2.05, 4.69) is 12.1 Å². The van der Waals surface area contributed by atoms with E-state index < -0.39 is 0 Å². The van der Waals surface area contributed by atoms with E-state index in [1.807, 2.05) is 32.0 Å². The third-order valence-corrected chi connectivity index (χ3v) is 3.55. The highest BCUT2D eigenvalue weighted by molar-refractivity contribution is 5.71. The average Bonchev–Trinajstić information content (AvgIpc) is 3.03. The van der Waals surface area contributed by atoms with Crippen molar-refractivity contribution in [2.75, 3.05) is 6.61 Å². The highest BCUT2D eigenvalue weighted by Crippen LogP contribution is 2.40. The van der Waals surface area contributed by atoms with Gasteiger partial charge in [0.1, 0.15) is 23.3 Å². The fourth-order valence-corrected chi connectivity index (χ4v) is 2.55. The van der Waals surface area contributed by atoms with Crippen molar-refractivity contribution in [3.05, 3.63) is 29.5 Å². The van der Waals surface area contributed by atoms with Gasteiger partial charge in [-0.15, -0.1) is 0 Å². The first kappa shape index (κ1) is 13.9.